The zero-order valence-corrected chi connectivity index (χ0v) is 25.3. The lowest BCUT2D eigenvalue weighted by Gasteiger charge is -2.20. The number of nitrogens with one attached hydrogen (secondary N) is 1. The number of nitrogens with zero attached hydrogens (tertiary/aromatic N) is 3. The third-order valence-electron chi connectivity index (χ3n) is 6.75. The Morgan fingerprint density at radius 1 is 1.00 bits per heavy atom. The van der Waals surface area contributed by atoms with Crippen LogP contribution >= 0.6 is 21.6 Å². The topological polar surface area (TPSA) is 102 Å². The summed E-state index contributed by atoms with van der Waals surface area (Å²) in [5, 5.41) is 17.9. The molecule has 3 aromatic rings. The number of hydrogen-bond acceptors (Lipinski definition) is 8. The minimum atomic E-state index is -1.36. The first-order valence-electron chi connectivity index (χ1n) is 13.3. The number of fused-ring (bicyclic) bond motifs is 2. The minimum absolute atomic E-state index is 0.0649. The summed E-state index contributed by atoms with van der Waals surface area (Å²) in [7, 11) is 10.9. The van der Waals surface area contributed by atoms with Crippen molar-refractivity contribution < 1.29 is 19.1 Å². The van der Waals surface area contributed by atoms with Gasteiger partial charge in [0.15, 0.2) is 0 Å². The van der Waals surface area contributed by atoms with Crippen LogP contribution < -0.4 is 25.3 Å². The van der Waals surface area contributed by atoms with Crippen LogP contribution in [0, 0.1) is 0 Å². The molecule has 42 heavy (non-hydrogen) atoms. The van der Waals surface area contributed by atoms with Crippen molar-refractivity contribution in [2.75, 3.05) is 45.4 Å². The number of anilines is 1. The van der Waals surface area contributed by atoms with Gasteiger partial charge in [-0.05, 0) is 58.8 Å². The Hall–Kier alpha value is -4.28. The van der Waals surface area contributed by atoms with Gasteiger partial charge in [-0.15, -0.1) is 0 Å². The molecule has 0 saturated heterocycles. The third kappa shape index (κ3) is 6.29. The molecule has 0 spiro atoms. The van der Waals surface area contributed by atoms with Crippen molar-refractivity contribution in [1.29, 1.82) is 0 Å². The highest BCUT2D eigenvalue weighted by atomic mass is 33.1. The van der Waals surface area contributed by atoms with E-state index in [1.54, 1.807) is 29.1 Å². The second-order valence-electron chi connectivity index (χ2n) is 10.0. The molecule has 0 radical (unpaired) electrons. The average molecular weight is 599 g/mol. The maximum atomic E-state index is 13.0. The molecule has 1 aliphatic carbocycles. The summed E-state index contributed by atoms with van der Waals surface area (Å²) in [6, 6.07) is 22.1. The smallest absolute Gasteiger partial charge is 0.251 e. The first kappa shape index (κ1) is 29.2. The maximum absolute atomic E-state index is 13.0. The normalized spacial score (nSPS) is 11.0. The highest BCUT2D eigenvalue weighted by Gasteiger charge is 2.22. The lowest BCUT2D eigenvalue weighted by atomic mass is 9.89. The summed E-state index contributed by atoms with van der Waals surface area (Å²) < 4.78 is 8.33. The predicted molar refractivity (Wildman–Crippen MR) is 169 cm³/mol. The molecule has 1 amide bonds. The summed E-state index contributed by atoms with van der Waals surface area (Å²) in [6.45, 7) is 0.420. The summed E-state index contributed by atoms with van der Waals surface area (Å²) in [6.07, 6.45) is 1.74. The van der Waals surface area contributed by atoms with E-state index in [1.807, 2.05) is 92.3 Å². The monoisotopic (exact) mass is 598 g/mol. The number of hydrogen-bond donors (Lipinski definition) is 1. The van der Waals surface area contributed by atoms with Gasteiger partial charge in [0.25, 0.3) is 5.91 Å². The number of aromatic carboxylic acids is 1. The van der Waals surface area contributed by atoms with Gasteiger partial charge >= 0.3 is 0 Å². The summed E-state index contributed by atoms with van der Waals surface area (Å²) >= 11 is 0. The standard InChI is InChI=1S/C32H30N4O4S2/c1-35(2)21-9-12-24-27(18-21)40-28-19-22(36(3)4)10-13-25(28)30(24)23-11-8-20(17-26(23)32(38)39)31(37)34-15-16-41-42-29-7-5-6-14-33-29/h5-14,17-19H,15-16H2,1-4H3,(H-,34,37,38,39). The number of carboxylic acid groups (broad SMARTS) is 1. The molecule has 5 rings (SSSR count). The lowest BCUT2D eigenvalue weighted by Crippen LogP contribution is -2.27. The van der Waals surface area contributed by atoms with E-state index >= 15 is 0 Å². The van der Waals surface area contributed by atoms with E-state index in [0.717, 1.165) is 27.0 Å². The Bertz CT molecular complexity index is 1820. The fraction of sp³-hybridized carbons (Fsp3) is 0.188. The van der Waals surface area contributed by atoms with E-state index in [2.05, 4.69) is 10.3 Å². The zero-order chi connectivity index (χ0) is 29.8. The van der Waals surface area contributed by atoms with E-state index in [1.165, 1.54) is 16.9 Å². The molecule has 0 saturated carbocycles. The van der Waals surface area contributed by atoms with E-state index < -0.39 is 5.97 Å². The van der Waals surface area contributed by atoms with E-state index in [-0.39, 0.29) is 17.0 Å². The fourth-order valence-corrected chi connectivity index (χ4v) is 6.38. The van der Waals surface area contributed by atoms with Crippen molar-refractivity contribution in [3.63, 3.8) is 0 Å². The van der Waals surface area contributed by atoms with Gasteiger partial charge in [-0.1, -0.05) is 22.9 Å². The summed E-state index contributed by atoms with van der Waals surface area (Å²) in [5.41, 5.74) is 3.67. The molecule has 2 aliphatic rings. The van der Waals surface area contributed by atoms with Gasteiger partial charge in [0.05, 0.1) is 12.0 Å². The zero-order valence-electron chi connectivity index (χ0n) is 23.7. The number of carbonyl (C=O) groups excluding carboxylic acids is 2. The number of rotatable bonds is 9. The van der Waals surface area contributed by atoms with Gasteiger partial charge in [0.1, 0.15) is 30.5 Å². The van der Waals surface area contributed by atoms with Crippen LogP contribution in [-0.2, 0) is 0 Å². The Kier molecular flexibility index (Phi) is 8.84. The van der Waals surface area contributed by atoms with Gasteiger partial charge in [-0.3, -0.25) is 4.79 Å². The largest absolute Gasteiger partial charge is 0.545 e. The first-order valence-corrected chi connectivity index (χ1v) is 15.6. The van der Waals surface area contributed by atoms with Crippen LogP contribution in [0.3, 0.4) is 0 Å². The van der Waals surface area contributed by atoms with Crippen molar-refractivity contribution in [2.45, 2.75) is 5.03 Å². The molecule has 2 aromatic carbocycles. The van der Waals surface area contributed by atoms with E-state index in [9.17, 15) is 14.7 Å². The van der Waals surface area contributed by atoms with Crippen LogP contribution in [0.25, 0.3) is 33.4 Å². The number of carboxylic acids is 1. The Balaban J connectivity index is 1.50. The Morgan fingerprint density at radius 2 is 1.81 bits per heavy atom. The van der Waals surface area contributed by atoms with Gasteiger partial charge in [-0.2, -0.15) is 0 Å². The second kappa shape index (κ2) is 12.7. The molecule has 2 heterocycles. The average Bonchev–Trinajstić information content (AvgIpc) is 2.99. The number of amides is 1. The van der Waals surface area contributed by atoms with Crippen molar-refractivity contribution in [3.05, 3.63) is 95.5 Å². The van der Waals surface area contributed by atoms with Gasteiger partial charge < -0.3 is 24.5 Å². The second-order valence-corrected chi connectivity index (χ2v) is 12.4. The number of pyridine rings is 1. The van der Waals surface area contributed by atoms with Crippen molar-refractivity contribution in [2.24, 2.45) is 0 Å². The molecule has 1 aromatic heterocycles. The van der Waals surface area contributed by atoms with Crippen molar-refractivity contribution in [1.82, 2.24) is 14.9 Å². The fourth-order valence-electron chi connectivity index (χ4n) is 4.59. The van der Waals surface area contributed by atoms with E-state index in [4.69, 9.17) is 4.42 Å². The van der Waals surface area contributed by atoms with Crippen molar-refractivity contribution >= 4 is 50.1 Å². The molecule has 0 atom stereocenters. The Morgan fingerprint density at radius 3 is 2.52 bits per heavy atom. The summed E-state index contributed by atoms with van der Waals surface area (Å²) in [4.78, 5) is 31.7. The molecule has 8 nitrogen and oxygen atoms in total. The highest BCUT2D eigenvalue weighted by Crippen LogP contribution is 2.42. The molecular formula is C32H30N4O4S2. The van der Waals surface area contributed by atoms with Crippen LogP contribution in [0.1, 0.15) is 20.7 Å². The van der Waals surface area contributed by atoms with Gasteiger partial charge in [-0.25, -0.2) is 9.56 Å². The Labute approximate surface area is 251 Å². The van der Waals surface area contributed by atoms with Gasteiger partial charge in [0.2, 0.25) is 5.36 Å². The van der Waals surface area contributed by atoms with Crippen LogP contribution in [0.15, 0.2) is 88.4 Å². The minimum Gasteiger partial charge on any atom is -0.545 e. The predicted octanol–water partition coefficient (Wildman–Crippen LogP) is 4.23. The SMILES string of the molecule is CN(C)c1ccc2c(-c3ccc(C(=O)NCCSSc4ccccn4)cc3C(=O)[O-])c3ccc(=[N+](C)C)cc-3oc2c1. The van der Waals surface area contributed by atoms with Crippen LogP contribution in [0.2, 0.25) is 0 Å². The first-order chi connectivity index (χ1) is 20.2. The van der Waals surface area contributed by atoms with Crippen molar-refractivity contribution in [3.8, 4) is 22.5 Å². The molecule has 0 unspecified atom stereocenters. The van der Waals surface area contributed by atoms with E-state index in [0.29, 0.717) is 34.8 Å². The molecular weight excluding hydrogens is 569 g/mol. The van der Waals surface area contributed by atoms with Crippen LogP contribution in [0.4, 0.5) is 5.69 Å². The molecule has 0 fully saturated rings. The van der Waals surface area contributed by atoms with Gasteiger partial charge in [0, 0.05) is 78.0 Å². The molecule has 1 aliphatic heterocycles. The molecule has 0 bridgehead atoms. The summed E-state index contributed by atoms with van der Waals surface area (Å²) in [5.74, 6) is -0.435. The quantitative estimate of drug-likeness (QED) is 0.116. The molecule has 10 heteroatoms. The van der Waals surface area contributed by atoms with Crippen LogP contribution in [0.5, 0.6) is 0 Å². The number of aromatic nitrogens is 1. The third-order valence-corrected chi connectivity index (χ3v) is 9.01. The highest BCUT2D eigenvalue weighted by molar-refractivity contribution is 8.76. The molecule has 1 N–H and O–H groups in total. The molecule has 214 valence electrons. The number of benzene rings is 3. The lowest BCUT2D eigenvalue weighted by molar-refractivity contribution is -0.254. The maximum Gasteiger partial charge on any atom is 0.251 e. The number of carbonyl (C=O) groups is 2. The van der Waals surface area contributed by atoms with Crippen LogP contribution in [-0.4, -0.2) is 57.3 Å².